The summed E-state index contributed by atoms with van der Waals surface area (Å²) < 4.78 is 0. The first kappa shape index (κ1) is 15.4. The van der Waals surface area contributed by atoms with Crippen molar-refractivity contribution in [3.63, 3.8) is 0 Å². The zero-order valence-corrected chi connectivity index (χ0v) is 12.6. The molecule has 0 spiro atoms. The maximum absolute atomic E-state index is 12.5. The number of hydrogen-bond donors (Lipinski definition) is 1. The summed E-state index contributed by atoms with van der Waals surface area (Å²) in [5, 5.41) is 20.0. The minimum absolute atomic E-state index is 0.0669. The number of nitrogens with zero attached hydrogens (tertiary/aromatic N) is 2. The van der Waals surface area contributed by atoms with Gasteiger partial charge in [-0.3, -0.25) is 19.7 Å². The molecule has 8 heteroatoms. The van der Waals surface area contributed by atoms with E-state index in [0.717, 1.165) is 11.3 Å². The van der Waals surface area contributed by atoms with Gasteiger partial charge in [-0.05, 0) is 26.7 Å². The minimum atomic E-state index is -0.909. The summed E-state index contributed by atoms with van der Waals surface area (Å²) in [5.41, 5.74) is -0.0669. The van der Waals surface area contributed by atoms with Gasteiger partial charge in [0.05, 0.1) is 20.6 Å². The second-order valence-corrected chi connectivity index (χ2v) is 6.39. The number of rotatable bonds is 3. The van der Waals surface area contributed by atoms with Crippen molar-refractivity contribution in [3.05, 3.63) is 25.9 Å². The van der Waals surface area contributed by atoms with Gasteiger partial charge < -0.3 is 10.0 Å². The molecule has 1 N–H and O–H groups in total. The molecule has 1 saturated heterocycles. The van der Waals surface area contributed by atoms with Crippen LogP contribution in [0.1, 0.15) is 34.3 Å². The topological polar surface area (TPSA) is 101 Å². The summed E-state index contributed by atoms with van der Waals surface area (Å²) in [6.45, 7) is 3.79. The van der Waals surface area contributed by atoms with Crippen molar-refractivity contribution < 1.29 is 19.6 Å². The lowest BCUT2D eigenvalue weighted by Crippen LogP contribution is -2.48. The number of thiophene rings is 1. The van der Waals surface area contributed by atoms with Crippen LogP contribution in [-0.2, 0) is 4.79 Å². The molecule has 1 aromatic rings. The maximum atomic E-state index is 12.5. The van der Waals surface area contributed by atoms with Gasteiger partial charge in [0.15, 0.2) is 0 Å². The average Bonchev–Trinajstić information content (AvgIpc) is 2.80. The lowest BCUT2D eigenvalue weighted by Gasteiger charge is -2.37. The molecule has 21 heavy (non-hydrogen) atoms. The molecule has 1 amide bonds. The molecule has 0 aliphatic carbocycles. The predicted molar refractivity (Wildman–Crippen MR) is 76.6 cm³/mol. The standard InChI is InChI=1S/C13H16N2O5S/c1-7-9(13(17)18)4-3-5-14(7)12(16)11-6-10(15(19)20)8(2)21-11/h6-7,9H,3-5H2,1-2H3,(H,17,18)/t7-,9-/m1/s1. The third-order valence-electron chi connectivity index (χ3n) is 3.87. The number of carbonyl (C=O) groups is 2. The van der Waals surface area contributed by atoms with Crippen LogP contribution in [0.3, 0.4) is 0 Å². The van der Waals surface area contributed by atoms with Gasteiger partial charge in [0, 0.05) is 18.7 Å². The van der Waals surface area contributed by atoms with Gasteiger partial charge in [-0.1, -0.05) is 0 Å². The number of carboxylic acid groups (broad SMARTS) is 1. The van der Waals surface area contributed by atoms with E-state index in [1.54, 1.807) is 13.8 Å². The molecule has 1 fully saturated rings. The molecule has 2 rings (SSSR count). The van der Waals surface area contributed by atoms with E-state index in [2.05, 4.69) is 0 Å². The van der Waals surface area contributed by atoms with Crippen LogP contribution >= 0.6 is 11.3 Å². The highest BCUT2D eigenvalue weighted by atomic mass is 32.1. The average molecular weight is 312 g/mol. The van der Waals surface area contributed by atoms with Crippen molar-refractivity contribution in [2.75, 3.05) is 6.54 Å². The number of carboxylic acids is 1. The maximum Gasteiger partial charge on any atom is 0.308 e. The lowest BCUT2D eigenvalue weighted by molar-refractivity contribution is -0.385. The zero-order valence-electron chi connectivity index (χ0n) is 11.7. The molecule has 1 aliphatic heterocycles. The van der Waals surface area contributed by atoms with Crippen LogP contribution in [0.4, 0.5) is 5.69 Å². The quantitative estimate of drug-likeness (QED) is 0.681. The van der Waals surface area contributed by atoms with Crippen LogP contribution in [0.25, 0.3) is 0 Å². The monoisotopic (exact) mass is 312 g/mol. The third kappa shape index (κ3) is 2.90. The van der Waals surface area contributed by atoms with Crippen molar-refractivity contribution in [2.24, 2.45) is 5.92 Å². The van der Waals surface area contributed by atoms with E-state index in [9.17, 15) is 24.8 Å². The molecule has 2 heterocycles. The number of piperidine rings is 1. The van der Waals surface area contributed by atoms with Gasteiger partial charge in [0.2, 0.25) is 0 Å². The van der Waals surface area contributed by atoms with Crippen LogP contribution in [0.2, 0.25) is 0 Å². The zero-order chi connectivity index (χ0) is 15.7. The molecule has 0 saturated carbocycles. The van der Waals surface area contributed by atoms with Crippen molar-refractivity contribution in [1.82, 2.24) is 4.90 Å². The van der Waals surface area contributed by atoms with Gasteiger partial charge in [-0.2, -0.15) is 0 Å². The molecule has 7 nitrogen and oxygen atoms in total. The Labute approximate surface area is 125 Å². The fourth-order valence-electron chi connectivity index (χ4n) is 2.66. The van der Waals surface area contributed by atoms with Gasteiger partial charge in [-0.25, -0.2) is 0 Å². The van der Waals surface area contributed by atoms with E-state index in [4.69, 9.17) is 0 Å². The summed E-state index contributed by atoms with van der Waals surface area (Å²) >= 11 is 1.08. The summed E-state index contributed by atoms with van der Waals surface area (Å²) in [6, 6.07) is 0.865. The Kier molecular flexibility index (Phi) is 4.26. The van der Waals surface area contributed by atoms with Gasteiger partial charge in [0.25, 0.3) is 11.6 Å². The lowest BCUT2D eigenvalue weighted by atomic mass is 9.90. The molecule has 114 valence electrons. The molecule has 2 atom stereocenters. The molecule has 1 aliphatic rings. The predicted octanol–water partition coefficient (Wildman–Crippen LogP) is 2.29. The number of likely N-dealkylation sites (tertiary alicyclic amines) is 1. The Bertz CT molecular complexity index is 597. The number of amides is 1. The van der Waals surface area contributed by atoms with Gasteiger partial charge in [-0.15, -0.1) is 11.3 Å². The fourth-order valence-corrected chi connectivity index (χ4v) is 3.60. The Hall–Kier alpha value is -1.96. The Balaban J connectivity index is 2.25. The van der Waals surface area contributed by atoms with Crippen LogP contribution in [0.5, 0.6) is 0 Å². The van der Waals surface area contributed by atoms with E-state index < -0.39 is 22.9 Å². The Morgan fingerprint density at radius 3 is 2.71 bits per heavy atom. The molecular weight excluding hydrogens is 296 g/mol. The highest BCUT2D eigenvalue weighted by Crippen LogP contribution is 2.31. The fraction of sp³-hybridized carbons (Fsp3) is 0.538. The first-order valence-corrected chi connectivity index (χ1v) is 7.43. The first-order chi connectivity index (χ1) is 9.82. The van der Waals surface area contributed by atoms with E-state index in [-0.39, 0.29) is 16.5 Å². The number of aliphatic carboxylic acids is 1. The molecule has 1 aromatic heterocycles. The third-order valence-corrected chi connectivity index (χ3v) is 4.89. The Morgan fingerprint density at radius 2 is 2.19 bits per heavy atom. The van der Waals surface area contributed by atoms with Crippen LogP contribution < -0.4 is 0 Å². The van der Waals surface area contributed by atoms with E-state index in [1.807, 2.05) is 0 Å². The van der Waals surface area contributed by atoms with Gasteiger partial charge in [0.1, 0.15) is 0 Å². The summed E-state index contributed by atoms with van der Waals surface area (Å²) in [4.78, 5) is 36.3. The van der Waals surface area contributed by atoms with E-state index >= 15 is 0 Å². The van der Waals surface area contributed by atoms with Crippen molar-refractivity contribution >= 4 is 28.9 Å². The largest absolute Gasteiger partial charge is 0.481 e. The molecule has 0 bridgehead atoms. The summed E-state index contributed by atoms with van der Waals surface area (Å²) in [7, 11) is 0. The highest BCUT2D eigenvalue weighted by Gasteiger charge is 2.36. The highest BCUT2D eigenvalue weighted by molar-refractivity contribution is 7.14. The number of nitro groups is 1. The normalized spacial score (nSPS) is 22.1. The second-order valence-electron chi connectivity index (χ2n) is 5.14. The SMILES string of the molecule is Cc1sc(C(=O)N2CCC[C@@H](C(=O)O)[C@H]2C)cc1[N+](=O)[O-]. The van der Waals surface area contributed by atoms with Crippen LogP contribution in [0, 0.1) is 23.0 Å². The van der Waals surface area contributed by atoms with E-state index in [1.165, 1.54) is 11.0 Å². The smallest absolute Gasteiger partial charge is 0.308 e. The first-order valence-electron chi connectivity index (χ1n) is 6.61. The molecule has 0 aromatic carbocycles. The Morgan fingerprint density at radius 1 is 1.52 bits per heavy atom. The molecule has 0 radical (unpaired) electrons. The van der Waals surface area contributed by atoms with Crippen molar-refractivity contribution in [2.45, 2.75) is 32.7 Å². The van der Waals surface area contributed by atoms with E-state index in [0.29, 0.717) is 24.3 Å². The summed E-state index contributed by atoms with van der Waals surface area (Å²) in [6.07, 6.45) is 1.17. The van der Waals surface area contributed by atoms with Crippen LogP contribution in [0.15, 0.2) is 6.07 Å². The van der Waals surface area contributed by atoms with Crippen molar-refractivity contribution in [3.8, 4) is 0 Å². The minimum Gasteiger partial charge on any atom is -0.481 e. The molecular formula is C13H16N2O5S. The number of aryl methyl sites for hydroxylation is 1. The molecule has 0 unspecified atom stereocenters. The number of hydrogen-bond acceptors (Lipinski definition) is 5. The second kappa shape index (κ2) is 5.80. The van der Waals surface area contributed by atoms with Crippen LogP contribution in [-0.4, -0.2) is 39.4 Å². The summed E-state index contributed by atoms with van der Waals surface area (Å²) in [5.74, 6) is -1.82. The van der Waals surface area contributed by atoms with Gasteiger partial charge >= 0.3 is 5.97 Å². The number of carbonyl (C=O) groups excluding carboxylic acids is 1. The van der Waals surface area contributed by atoms with Crippen molar-refractivity contribution in [1.29, 1.82) is 0 Å².